The van der Waals surface area contributed by atoms with Crippen molar-refractivity contribution in [2.24, 2.45) is 0 Å². The number of benzene rings is 13. The van der Waals surface area contributed by atoms with Gasteiger partial charge in [-0.25, -0.2) is 0 Å². The van der Waals surface area contributed by atoms with Crippen LogP contribution in [0.4, 0.5) is 17.1 Å². The van der Waals surface area contributed by atoms with E-state index >= 15 is 0 Å². The average Bonchev–Trinajstić information content (AvgIpc) is 1.21. The minimum absolute atomic E-state index is 0.00255. The van der Waals surface area contributed by atoms with Gasteiger partial charge >= 0.3 is 0 Å². The molecule has 0 N–H and O–H groups in total. The Morgan fingerprint density at radius 1 is 0.330 bits per heavy atom. The van der Waals surface area contributed by atoms with Gasteiger partial charge in [-0.05, 0) is 247 Å². The second-order valence-electron chi connectivity index (χ2n) is 34.4. The highest BCUT2D eigenvalue weighted by Gasteiger charge is 2.29. The molecule has 2 aromatic heterocycles. The number of fused-ring (bicyclic) bond motifs is 8. The molecular weight excluding hydrogens is 1280 g/mol. The molecule has 0 aliphatic carbocycles. The third-order valence-corrected chi connectivity index (χ3v) is 22.7. The first-order chi connectivity index (χ1) is 50.9. The Hall–Kier alpha value is -10.7. The Kier molecular flexibility index (Phi) is 18.0. The van der Waals surface area contributed by atoms with Gasteiger partial charge in [-0.15, -0.1) is 0 Å². The van der Waals surface area contributed by atoms with Crippen molar-refractivity contribution >= 4 is 71.4 Å². The quantitative estimate of drug-likeness (QED) is 0.0907. The molecular formula is C102H101N3O. The number of rotatable bonds is 17. The third kappa shape index (κ3) is 13.3. The summed E-state index contributed by atoms with van der Waals surface area (Å²) in [5.74, 6) is 2.01. The van der Waals surface area contributed by atoms with E-state index in [1.54, 1.807) is 0 Å². The summed E-state index contributed by atoms with van der Waals surface area (Å²) < 4.78 is 12.2. The van der Waals surface area contributed by atoms with Crippen LogP contribution in [0.15, 0.2) is 267 Å². The van der Waals surface area contributed by atoms with Gasteiger partial charge in [0.1, 0.15) is 11.5 Å². The summed E-state index contributed by atoms with van der Waals surface area (Å²) in [4.78, 5) is 2.46. The zero-order valence-corrected chi connectivity index (χ0v) is 64.7. The first kappa shape index (κ1) is 69.7. The summed E-state index contributed by atoms with van der Waals surface area (Å²) in [7, 11) is 0. The summed E-state index contributed by atoms with van der Waals surface area (Å²) in [6.45, 7) is 32.3. The van der Waals surface area contributed by atoms with E-state index in [0.717, 1.165) is 95.5 Å². The number of ether oxygens (including phenoxy) is 1. The van der Waals surface area contributed by atoms with Crippen molar-refractivity contribution in [2.45, 2.75) is 169 Å². The summed E-state index contributed by atoms with van der Waals surface area (Å²) >= 11 is 0. The number of hydrogen-bond donors (Lipinski definition) is 0. The molecule has 4 heteroatoms. The Morgan fingerprint density at radius 3 is 1.25 bits per heavy atom. The lowest BCUT2D eigenvalue weighted by Crippen LogP contribution is -2.12. The van der Waals surface area contributed by atoms with E-state index in [0.29, 0.717) is 0 Å². The van der Waals surface area contributed by atoms with Gasteiger partial charge in [0, 0.05) is 60.6 Å². The molecule has 16 rings (SSSR count). The van der Waals surface area contributed by atoms with Crippen LogP contribution < -0.4 is 9.64 Å². The Bertz CT molecular complexity index is 5670. The molecule has 0 bridgehead atoms. The van der Waals surface area contributed by atoms with Crippen LogP contribution in [-0.4, -0.2) is 9.13 Å². The zero-order chi connectivity index (χ0) is 73.6. The molecule has 0 saturated carbocycles. The van der Waals surface area contributed by atoms with E-state index < -0.39 is 0 Å². The minimum Gasteiger partial charge on any atom is -0.456 e. The van der Waals surface area contributed by atoms with Gasteiger partial charge in [0.25, 0.3) is 0 Å². The van der Waals surface area contributed by atoms with Gasteiger partial charge in [-0.2, -0.15) is 0 Å². The molecule has 0 fully saturated rings. The molecule has 4 nitrogen and oxygen atoms in total. The van der Waals surface area contributed by atoms with Crippen molar-refractivity contribution in [3.05, 3.63) is 317 Å². The van der Waals surface area contributed by atoms with Gasteiger partial charge in [-0.1, -0.05) is 267 Å². The summed E-state index contributed by atoms with van der Waals surface area (Å²) in [6, 6.07) is 102. The molecule has 0 saturated heterocycles. The SMILES string of the molecule is CCCc1ccc(-c2ccc(C(CCc3ccc4c(c3)Oc3cccc5c(N(c6ccc(-c7ccc(CCC)cc7)cc6)c6cccc(-n7c8ccc(C(C)(C)C)cc8c8cc(C(C)(C)C)ccc87)c6)ccc-4c35)Cc3cccc(-n4c5ccc(C(C)(C)C)cc5c5cc(C(C)(C)C)ccc54)c3)cc2)cc1. The van der Waals surface area contributed by atoms with Gasteiger partial charge in [0.05, 0.1) is 27.8 Å². The van der Waals surface area contributed by atoms with Crippen molar-refractivity contribution < 1.29 is 4.74 Å². The van der Waals surface area contributed by atoms with Crippen LogP contribution in [0.1, 0.15) is 172 Å². The van der Waals surface area contributed by atoms with Crippen LogP contribution in [0.25, 0.3) is 99.1 Å². The van der Waals surface area contributed by atoms with Crippen LogP contribution in [0.2, 0.25) is 0 Å². The molecule has 106 heavy (non-hydrogen) atoms. The number of aromatic nitrogens is 2. The van der Waals surface area contributed by atoms with Gasteiger partial charge < -0.3 is 18.8 Å². The van der Waals surface area contributed by atoms with Crippen molar-refractivity contribution in [1.82, 2.24) is 9.13 Å². The Labute approximate surface area is 629 Å². The van der Waals surface area contributed by atoms with E-state index in [2.05, 4.69) is 378 Å². The maximum atomic E-state index is 7.23. The van der Waals surface area contributed by atoms with E-state index in [4.69, 9.17) is 4.74 Å². The predicted molar refractivity (Wildman–Crippen MR) is 454 cm³/mol. The molecule has 1 unspecified atom stereocenters. The van der Waals surface area contributed by atoms with Crippen LogP contribution >= 0.6 is 0 Å². The molecule has 13 aromatic carbocycles. The predicted octanol–water partition coefficient (Wildman–Crippen LogP) is 28.7. The molecule has 0 spiro atoms. The summed E-state index contributed by atoms with van der Waals surface area (Å²) in [5, 5.41) is 7.41. The summed E-state index contributed by atoms with van der Waals surface area (Å²) in [6.07, 6.45) is 7.20. The van der Waals surface area contributed by atoms with Crippen molar-refractivity contribution in [3.63, 3.8) is 0 Å². The fourth-order valence-electron chi connectivity index (χ4n) is 16.6. The highest BCUT2D eigenvalue weighted by Crippen LogP contribution is 2.52. The van der Waals surface area contributed by atoms with Crippen LogP contribution in [0.5, 0.6) is 11.5 Å². The van der Waals surface area contributed by atoms with Crippen molar-refractivity contribution in [2.75, 3.05) is 4.90 Å². The van der Waals surface area contributed by atoms with Gasteiger partial charge in [-0.3, -0.25) is 0 Å². The lowest BCUT2D eigenvalue weighted by molar-refractivity contribution is 0.486. The smallest absolute Gasteiger partial charge is 0.135 e. The maximum Gasteiger partial charge on any atom is 0.135 e. The number of aryl methyl sites for hydroxylation is 3. The molecule has 1 aliphatic rings. The second-order valence-corrected chi connectivity index (χ2v) is 34.4. The minimum atomic E-state index is -0.00255. The zero-order valence-electron chi connectivity index (χ0n) is 64.7. The van der Waals surface area contributed by atoms with Crippen LogP contribution in [-0.2, 0) is 47.3 Å². The Balaban J connectivity index is 0.754. The molecule has 1 aliphatic heterocycles. The lowest BCUT2D eigenvalue weighted by Gasteiger charge is -2.30. The van der Waals surface area contributed by atoms with E-state index in [9.17, 15) is 0 Å². The highest BCUT2D eigenvalue weighted by molar-refractivity contribution is 6.13. The largest absolute Gasteiger partial charge is 0.456 e. The molecule has 530 valence electrons. The first-order valence-electron chi connectivity index (χ1n) is 38.9. The number of hydrogen-bond acceptors (Lipinski definition) is 2. The molecule has 1 atom stereocenters. The van der Waals surface area contributed by atoms with Crippen LogP contribution in [0.3, 0.4) is 0 Å². The van der Waals surface area contributed by atoms with Gasteiger partial charge in [0.2, 0.25) is 0 Å². The van der Waals surface area contributed by atoms with Crippen molar-refractivity contribution in [1.29, 1.82) is 0 Å². The number of anilines is 3. The topological polar surface area (TPSA) is 22.3 Å². The molecule has 0 amide bonds. The summed E-state index contributed by atoms with van der Waals surface area (Å²) in [5.41, 5.74) is 29.7. The maximum absolute atomic E-state index is 7.23. The monoisotopic (exact) mass is 1380 g/mol. The molecule has 0 radical (unpaired) electrons. The van der Waals surface area contributed by atoms with Gasteiger partial charge in [0.15, 0.2) is 0 Å². The average molecular weight is 1380 g/mol. The van der Waals surface area contributed by atoms with E-state index in [-0.39, 0.29) is 27.6 Å². The first-order valence-corrected chi connectivity index (χ1v) is 38.9. The fraction of sp³-hybridized carbons (Fsp3) is 0.255. The highest BCUT2D eigenvalue weighted by atomic mass is 16.5. The number of nitrogens with zero attached hydrogens (tertiary/aromatic N) is 3. The van der Waals surface area contributed by atoms with E-state index in [1.807, 2.05) is 0 Å². The fourth-order valence-corrected chi connectivity index (χ4v) is 16.6. The normalized spacial score (nSPS) is 12.9. The standard InChI is InChI=1S/C102H101N3O/c1-15-20-66-28-34-70(35-29-66)72-39-41-74(42-40-72)75(58-69-22-17-23-81(59-69)104-92-53-45-76(99(3,4)5)61-87(92)88-62-77(100(6,7)8)46-54-93(88)104)38-32-68-33-51-84-85-52-57-91(86-26-19-27-96(98(85)86)106-97(84)60-68)103(80-49-43-73(44-50-80)71-36-30-67(21-16-2)31-37-71)82-24-18-25-83(65-82)105-94-55-47-78(101(9,10)11)63-89(94)90-64-79(102(12,13)14)48-56-95(90)105/h17-19,22-31,33-37,39-57,59-65,75H,15-16,20-21,32,38,58H2,1-14H3. The third-order valence-electron chi connectivity index (χ3n) is 22.7. The Morgan fingerprint density at radius 2 is 0.764 bits per heavy atom. The molecule has 15 aromatic rings. The van der Waals surface area contributed by atoms with E-state index in [1.165, 1.54) is 127 Å². The van der Waals surface area contributed by atoms with Crippen LogP contribution in [0, 0.1) is 0 Å². The second kappa shape index (κ2) is 27.3. The lowest BCUT2D eigenvalue weighted by atomic mass is 9.85. The van der Waals surface area contributed by atoms with Crippen molar-refractivity contribution in [3.8, 4) is 56.3 Å². The molecule has 3 heterocycles.